The van der Waals surface area contributed by atoms with E-state index in [0.29, 0.717) is 5.41 Å². The first-order chi connectivity index (χ1) is 6.60. The molecule has 0 aromatic heterocycles. The molecule has 0 spiro atoms. The number of hydrogen-bond donors (Lipinski definition) is 0. The van der Waals surface area contributed by atoms with Crippen LogP contribution in [0.3, 0.4) is 0 Å². The van der Waals surface area contributed by atoms with Crippen molar-refractivity contribution in [1.29, 1.82) is 0 Å². The summed E-state index contributed by atoms with van der Waals surface area (Å²) in [7, 11) is 0. The van der Waals surface area contributed by atoms with Crippen LogP contribution in [-0.2, 0) is 0 Å². The molecule has 0 fully saturated rings. The van der Waals surface area contributed by atoms with Crippen LogP contribution in [0.25, 0.3) is 0 Å². The Morgan fingerprint density at radius 2 is 1.64 bits per heavy atom. The summed E-state index contributed by atoms with van der Waals surface area (Å²) in [5.41, 5.74) is 0.554. The average molecular weight is 281 g/mol. The third kappa shape index (κ3) is 5.65. The van der Waals surface area contributed by atoms with Crippen LogP contribution in [0.5, 0.6) is 0 Å². The SMILES string of the molecule is CCCC(CBr)(CCC)CSC(C)C. The monoisotopic (exact) mass is 280 g/mol. The van der Waals surface area contributed by atoms with E-state index in [1.807, 2.05) is 0 Å². The number of hydrogen-bond acceptors (Lipinski definition) is 1. The van der Waals surface area contributed by atoms with Gasteiger partial charge in [0.1, 0.15) is 0 Å². The summed E-state index contributed by atoms with van der Waals surface area (Å²) in [4.78, 5) is 0. The Labute approximate surface area is 103 Å². The molecule has 86 valence electrons. The molecule has 0 aromatic carbocycles. The standard InChI is InChI=1S/C12H25BrS/c1-5-7-12(9-13,8-6-2)10-14-11(3)4/h11H,5-10H2,1-4H3. The van der Waals surface area contributed by atoms with Gasteiger partial charge in [0.2, 0.25) is 0 Å². The molecule has 0 heterocycles. The van der Waals surface area contributed by atoms with Gasteiger partial charge in [-0.1, -0.05) is 56.5 Å². The Morgan fingerprint density at radius 3 is 1.93 bits per heavy atom. The van der Waals surface area contributed by atoms with Crippen LogP contribution in [0.1, 0.15) is 53.4 Å². The second-order valence-electron chi connectivity index (χ2n) is 4.49. The van der Waals surface area contributed by atoms with E-state index in [1.54, 1.807) is 0 Å². The number of halogens is 1. The first-order valence-electron chi connectivity index (χ1n) is 5.77. The van der Waals surface area contributed by atoms with Gasteiger partial charge in [-0.25, -0.2) is 0 Å². The molecule has 0 unspecified atom stereocenters. The van der Waals surface area contributed by atoms with Gasteiger partial charge in [0.25, 0.3) is 0 Å². The molecule has 0 radical (unpaired) electrons. The quantitative estimate of drug-likeness (QED) is 0.557. The Morgan fingerprint density at radius 1 is 1.14 bits per heavy atom. The third-order valence-corrected chi connectivity index (χ3v) is 5.20. The van der Waals surface area contributed by atoms with Crippen molar-refractivity contribution < 1.29 is 0 Å². The molecule has 0 rings (SSSR count). The molecule has 0 saturated carbocycles. The summed E-state index contributed by atoms with van der Waals surface area (Å²) in [6.07, 6.45) is 5.35. The second kappa shape index (κ2) is 8.04. The molecular weight excluding hydrogens is 256 g/mol. The first kappa shape index (κ1) is 14.8. The highest BCUT2D eigenvalue weighted by Crippen LogP contribution is 2.36. The van der Waals surface area contributed by atoms with Crippen LogP contribution in [0.2, 0.25) is 0 Å². The van der Waals surface area contributed by atoms with Crippen LogP contribution in [0.4, 0.5) is 0 Å². The Kier molecular flexibility index (Phi) is 8.51. The van der Waals surface area contributed by atoms with E-state index in [2.05, 4.69) is 55.4 Å². The van der Waals surface area contributed by atoms with Gasteiger partial charge in [-0.3, -0.25) is 0 Å². The largest absolute Gasteiger partial charge is 0.159 e. The summed E-state index contributed by atoms with van der Waals surface area (Å²) in [5.74, 6) is 1.32. The molecule has 0 aromatic rings. The minimum absolute atomic E-state index is 0.554. The zero-order chi connectivity index (χ0) is 11.0. The lowest BCUT2D eigenvalue weighted by molar-refractivity contribution is 0.320. The molecule has 0 aliphatic heterocycles. The van der Waals surface area contributed by atoms with Crippen LogP contribution in [0.15, 0.2) is 0 Å². The maximum absolute atomic E-state index is 3.71. The highest BCUT2D eigenvalue weighted by molar-refractivity contribution is 9.09. The fourth-order valence-electron chi connectivity index (χ4n) is 1.85. The van der Waals surface area contributed by atoms with Crippen molar-refractivity contribution in [3.63, 3.8) is 0 Å². The maximum Gasteiger partial charge on any atom is 0.00958 e. The highest BCUT2D eigenvalue weighted by atomic mass is 79.9. The lowest BCUT2D eigenvalue weighted by Gasteiger charge is -2.32. The fourth-order valence-corrected chi connectivity index (χ4v) is 3.94. The molecule has 0 aliphatic carbocycles. The Hall–Kier alpha value is 0.830. The van der Waals surface area contributed by atoms with E-state index in [4.69, 9.17) is 0 Å². The zero-order valence-corrected chi connectivity index (χ0v) is 12.5. The molecule has 0 amide bonds. The first-order valence-corrected chi connectivity index (χ1v) is 7.94. The minimum Gasteiger partial charge on any atom is -0.159 e. The fraction of sp³-hybridized carbons (Fsp3) is 1.00. The molecule has 0 atom stereocenters. The van der Waals surface area contributed by atoms with Gasteiger partial charge in [-0.05, 0) is 29.3 Å². The molecule has 0 bridgehead atoms. The summed E-state index contributed by atoms with van der Waals surface area (Å²) in [6, 6.07) is 0. The van der Waals surface area contributed by atoms with Gasteiger partial charge in [-0.2, -0.15) is 11.8 Å². The van der Waals surface area contributed by atoms with Crippen LogP contribution < -0.4 is 0 Å². The van der Waals surface area contributed by atoms with Crippen LogP contribution in [-0.4, -0.2) is 16.3 Å². The highest BCUT2D eigenvalue weighted by Gasteiger charge is 2.27. The van der Waals surface area contributed by atoms with Gasteiger partial charge in [0.05, 0.1) is 0 Å². The van der Waals surface area contributed by atoms with Gasteiger partial charge in [-0.15, -0.1) is 0 Å². The predicted molar refractivity (Wildman–Crippen MR) is 73.6 cm³/mol. The van der Waals surface area contributed by atoms with Crippen molar-refractivity contribution in [2.45, 2.75) is 58.6 Å². The van der Waals surface area contributed by atoms with E-state index in [0.717, 1.165) is 5.25 Å². The van der Waals surface area contributed by atoms with Gasteiger partial charge < -0.3 is 0 Å². The number of rotatable bonds is 8. The molecule has 0 nitrogen and oxygen atoms in total. The van der Waals surface area contributed by atoms with Crippen LogP contribution >= 0.6 is 27.7 Å². The molecule has 2 heteroatoms. The van der Waals surface area contributed by atoms with E-state index in [1.165, 1.54) is 36.8 Å². The van der Waals surface area contributed by atoms with E-state index >= 15 is 0 Å². The summed E-state index contributed by atoms with van der Waals surface area (Å²) in [5, 5.41) is 1.93. The van der Waals surface area contributed by atoms with E-state index in [9.17, 15) is 0 Å². The molecule has 0 N–H and O–H groups in total. The third-order valence-electron chi connectivity index (χ3n) is 2.57. The van der Waals surface area contributed by atoms with E-state index < -0.39 is 0 Å². The maximum atomic E-state index is 3.71. The lowest BCUT2D eigenvalue weighted by Crippen LogP contribution is -2.26. The van der Waals surface area contributed by atoms with Crippen molar-refractivity contribution in [2.75, 3.05) is 11.1 Å². The minimum atomic E-state index is 0.554. The van der Waals surface area contributed by atoms with Gasteiger partial charge in [0, 0.05) is 5.33 Å². The summed E-state index contributed by atoms with van der Waals surface area (Å²) >= 11 is 5.82. The lowest BCUT2D eigenvalue weighted by atomic mass is 9.83. The van der Waals surface area contributed by atoms with Crippen molar-refractivity contribution in [3.8, 4) is 0 Å². The van der Waals surface area contributed by atoms with Gasteiger partial charge in [0.15, 0.2) is 0 Å². The normalized spacial score (nSPS) is 12.4. The molecular formula is C12H25BrS. The molecule has 0 aliphatic rings. The van der Waals surface area contributed by atoms with Crippen molar-refractivity contribution >= 4 is 27.7 Å². The molecule has 14 heavy (non-hydrogen) atoms. The predicted octanol–water partition coefficient (Wildman–Crippen LogP) is 5.11. The second-order valence-corrected chi connectivity index (χ2v) is 6.62. The average Bonchev–Trinajstić information content (AvgIpc) is 2.15. The summed E-state index contributed by atoms with van der Waals surface area (Å²) in [6.45, 7) is 9.18. The number of thioether (sulfide) groups is 1. The van der Waals surface area contributed by atoms with E-state index in [-0.39, 0.29) is 0 Å². The van der Waals surface area contributed by atoms with Crippen molar-refractivity contribution in [1.82, 2.24) is 0 Å². The van der Waals surface area contributed by atoms with Crippen molar-refractivity contribution in [3.05, 3.63) is 0 Å². The summed E-state index contributed by atoms with van der Waals surface area (Å²) < 4.78 is 0. The van der Waals surface area contributed by atoms with Gasteiger partial charge >= 0.3 is 0 Å². The number of alkyl halides is 1. The Balaban J connectivity index is 4.17. The van der Waals surface area contributed by atoms with Crippen molar-refractivity contribution in [2.24, 2.45) is 5.41 Å². The molecule has 0 saturated heterocycles. The Bertz CT molecular complexity index is 128. The topological polar surface area (TPSA) is 0 Å². The smallest absolute Gasteiger partial charge is 0.00958 e. The van der Waals surface area contributed by atoms with Crippen LogP contribution in [0, 0.1) is 5.41 Å². The zero-order valence-electron chi connectivity index (χ0n) is 10.1.